The smallest absolute Gasteiger partial charge is 0.362 e. The molecule has 48 heavy (non-hydrogen) atoms. The number of thiazole rings is 1. The van der Waals surface area contributed by atoms with Crippen molar-refractivity contribution in [2.75, 3.05) is 25.4 Å². The largest absolute Gasteiger partial charge is 0.489 e. The second kappa shape index (κ2) is 14.7. The molecule has 1 aromatic carbocycles. The number of carboxylic acids is 1. The number of hydrogen-bond donors (Lipinski definition) is 7. The van der Waals surface area contributed by atoms with Gasteiger partial charge in [-0.15, -0.1) is 11.3 Å². The molecule has 8 N–H and O–H groups in total. The molecule has 22 heteroatoms. The minimum atomic E-state index is -4.98. The predicted octanol–water partition coefficient (Wildman–Crippen LogP) is -1.56. The predicted molar refractivity (Wildman–Crippen MR) is 168 cm³/mol. The number of benzene rings is 1. The first-order valence-corrected chi connectivity index (χ1v) is 16.6. The number of carboxylic acid groups (broad SMARTS) is 1. The summed E-state index contributed by atoms with van der Waals surface area (Å²) in [5.41, 5.74) is 5.63. The highest BCUT2D eigenvalue weighted by atomic mass is 32.2. The molecular weight excluding hydrogens is 674 g/mol. The molecule has 2 amide bonds. The lowest BCUT2D eigenvalue weighted by Gasteiger charge is -2.43. The van der Waals surface area contributed by atoms with Crippen LogP contribution in [0.2, 0.25) is 0 Å². The van der Waals surface area contributed by atoms with Crippen LogP contribution in [0.15, 0.2) is 47.5 Å². The van der Waals surface area contributed by atoms with Gasteiger partial charge in [0, 0.05) is 17.0 Å². The van der Waals surface area contributed by atoms with Crippen LogP contribution in [0.25, 0.3) is 0 Å². The van der Waals surface area contributed by atoms with E-state index in [9.17, 15) is 32.5 Å². The molecule has 2 fully saturated rings. The van der Waals surface area contributed by atoms with E-state index in [2.05, 4.69) is 36.2 Å². The number of carbonyl (C=O) groups is 3. The van der Waals surface area contributed by atoms with Crippen LogP contribution in [0.3, 0.4) is 0 Å². The van der Waals surface area contributed by atoms with Crippen LogP contribution in [-0.2, 0) is 36.1 Å². The van der Waals surface area contributed by atoms with Crippen molar-refractivity contribution in [1.29, 1.82) is 5.41 Å². The van der Waals surface area contributed by atoms with Crippen molar-refractivity contribution in [3.05, 3.63) is 53.6 Å². The van der Waals surface area contributed by atoms with Gasteiger partial charge < -0.3 is 36.4 Å². The quantitative estimate of drug-likeness (QED) is 0.0328. The normalized spacial score (nSPS) is 19.2. The summed E-state index contributed by atoms with van der Waals surface area (Å²) in [6.45, 7) is 0.944. The van der Waals surface area contributed by atoms with Crippen LogP contribution in [-0.4, -0.2) is 115 Å². The van der Waals surface area contributed by atoms with E-state index < -0.39 is 58.6 Å². The average molecular weight is 706 g/mol. The minimum absolute atomic E-state index is 0.0347. The van der Waals surface area contributed by atoms with Gasteiger partial charge >= 0.3 is 16.3 Å². The van der Waals surface area contributed by atoms with Crippen LogP contribution in [0.1, 0.15) is 24.1 Å². The molecule has 0 bridgehead atoms. The number of aromatic nitrogens is 4. The number of hydrogen-bond acceptors (Lipinski definition) is 15. The Kier molecular flexibility index (Phi) is 10.5. The maximum Gasteiger partial charge on any atom is 0.362 e. The number of β-lactam (4-membered cyclic amide) rings is 1. The summed E-state index contributed by atoms with van der Waals surface area (Å²) in [6, 6.07) is 3.85. The number of nitrogens with two attached hydrogens (primary N) is 1. The van der Waals surface area contributed by atoms with Crippen LogP contribution < -0.4 is 26.4 Å². The van der Waals surface area contributed by atoms with Gasteiger partial charge in [0.1, 0.15) is 42.6 Å². The van der Waals surface area contributed by atoms with Crippen LogP contribution in [0, 0.1) is 5.41 Å². The van der Waals surface area contributed by atoms with Crippen molar-refractivity contribution in [1.82, 2.24) is 40.0 Å². The molecule has 3 atom stereocenters. The summed E-state index contributed by atoms with van der Waals surface area (Å²) in [5.74, 6) is -3.18. The van der Waals surface area contributed by atoms with Crippen LogP contribution in [0.5, 0.6) is 5.75 Å². The molecule has 2 saturated heterocycles. The zero-order valence-corrected chi connectivity index (χ0v) is 26.6. The maximum atomic E-state index is 13.4. The van der Waals surface area contributed by atoms with Crippen molar-refractivity contribution in [2.24, 2.45) is 5.16 Å². The lowest BCUT2D eigenvalue weighted by molar-refractivity contribution is -0.152. The first-order chi connectivity index (χ1) is 22.9. The molecule has 0 spiro atoms. The number of amidine groups is 1. The summed E-state index contributed by atoms with van der Waals surface area (Å²) >= 11 is 0.938. The van der Waals surface area contributed by atoms with E-state index in [4.69, 9.17) is 20.7 Å². The lowest BCUT2D eigenvalue weighted by Crippen LogP contribution is -2.73. The fourth-order valence-corrected chi connectivity index (χ4v) is 6.30. The van der Waals surface area contributed by atoms with E-state index in [0.717, 1.165) is 37.3 Å². The van der Waals surface area contributed by atoms with Crippen LogP contribution in [0.4, 0.5) is 5.13 Å². The van der Waals surface area contributed by atoms with Gasteiger partial charge in [-0.2, -0.15) is 13.5 Å². The van der Waals surface area contributed by atoms with Gasteiger partial charge in [0.2, 0.25) is 0 Å². The number of piperidine rings is 1. The zero-order valence-electron chi connectivity index (χ0n) is 24.9. The number of nitrogens with zero attached hydrogens (tertiary/aromatic N) is 6. The maximum absolute atomic E-state index is 13.4. The van der Waals surface area contributed by atoms with Gasteiger partial charge in [-0.3, -0.25) is 24.2 Å². The first kappa shape index (κ1) is 34.2. The Bertz CT molecular complexity index is 1780. The number of aliphatic carboxylic acids is 1. The third-order valence-electron chi connectivity index (χ3n) is 7.30. The first-order valence-electron chi connectivity index (χ1n) is 14.3. The molecule has 2 aliphatic heterocycles. The van der Waals surface area contributed by atoms with Gasteiger partial charge in [-0.25, -0.2) is 19.1 Å². The molecule has 256 valence electrons. The number of rotatable bonds is 14. The molecule has 4 heterocycles. The van der Waals surface area contributed by atoms with Crippen molar-refractivity contribution >= 4 is 56.1 Å². The molecule has 2 unspecified atom stereocenters. The zero-order chi connectivity index (χ0) is 34.4. The molecule has 2 aliphatic rings. The van der Waals surface area contributed by atoms with E-state index >= 15 is 0 Å². The lowest BCUT2D eigenvalue weighted by atomic mass is 9.98. The molecule has 20 nitrogen and oxygen atoms in total. The van der Waals surface area contributed by atoms with E-state index in [1.54, 1.807) is 24.3 Å². The third kappa shape index (κ3) is 8.20. The van der Waals surface area contributed by atoms with E-state index in [1.807, 2.05) is 0 Å². The van der Waals surface area contributed by atoms with E-state index in [1.165, 1.54) is 22.7 Å². The molecule has 2 aromatic heterocycles. The summed E-state index contributed by atoms with van der Waals surface area (Å²) < 4.78 is 40.2. The van der Waals surface area contributed by atoms with Crippen molar-refractivity contribution in [3.8, 4) is 5.75 Å². The Morgan fingerprint density at radius 2 is 1.96 bits per heavy atom. The summed E-state index contributed by atoms with van der Waals surface area (Å²) in [6.07, 6.45) is 2.49. The van der Waals surface area contributed by atoms with Crippen molar-refractivity contribution < 1.29 is 42.0 Å². The third-order valence-corrected chi connectivity index (χ3v) is 8.93. The minimum Gasteiger partial charge on any atom is -0.489 e. The monoisotopic (exact) mass is 705 g/mol. The highest BCUT2D eigenvalue weighted by Crippen LogP contribution is 2.25. The number of nitrogen functional groups attached to an aromatic ring is 1. The molecule has 3 aromatic rings. The number of carbonyl (C=O) groups excluding carboxylic acids is 2. The Morgan fingerprint density at radius 1 is 1.23 bits per heavy atom. The summed E-state index contributed by atoms with van der Waals surface area (Å²) in [4.78, 5) is 50.9. The van der Waals surface area contributed by atoms with Gasteiger partial charge in [-0.05, 0) is 50.2 Å². The van der Waals surface area contributed by atoms with Gasteiger partial charge in [0.05, 0.1) is 12.6 Å². The van der Waals surface area contributed by atoms with E-state index in [-0.39, 0.29) is 39.3 Å². The number of oxime groups is 1. The fraction of sp³-hybridized carbons (Fsp3) is 0.385. The second-order valence-electron chi connectivity index (χ2n) is 10.6. The van der Waals surface area contributed by atoms with E-state index in [0.29, 0.717) is 5.56 Å². The molecule has 0 saturated carbocycles. The molecule has 0 aliphatic carbocycles. The number of amides is 2. The van der Waals surface area contributed by atoms with Gasteiger partial charge in [-0.1, -0.05) is 5.16 Å². The number of ether oxygens (including phenoxy) is 1. The number of nitrogens with one attached hydrogen (secondary N) is 4. The number of anilines is 1. The Balaban J connectivity index is 1.26. The highest BCUT2D eigenvalue weighted by Gasteiger charge is 2.54. The van der Waals surface area contributed by atoms with Gasteiger partial charge in [0.25, 0.3) is 17.9 Å². The Labute approximate surface area is 276 Å². The topological polar surface area (TPSA) is 289 Å². The van der Waals surface area contributed by atoms with Crippen LogP contribution >= 0.6 is 11.3 Å². The molecule has 0 radical (unpaired) electrons. The van der Waals surface area contributed by atoms with Gasteiger partial charge in [0.15, 0.2) is 10.8 Å². The van der Waals surface area contributed by atoms with Crippen molar-refractivity contribution in [3.63, 3.8) is 0 Å². The second-order valence-corrected chi connectivity index (χ2v) is 12.7. The molecular formula is C26H31N11O9S2. The SMILES string of the molecule is N=C(NC1CCNCC1)c1ccc(OC[C@H](O/N=C(\C(=O)NC2C(=O)N(S(=O)(=O)O)C2Cn2cncn2)c2csc(N)n2)C(=O)O)cc1. The average Bonchev–Trinajstić information content (AvgIpc) is 3.73. The fourth-order valence-electron chi connectivity index (χ4n) is 4.88. The Morgan fingerprint density at radius 3 is 2.56 bits per heavy atom. The summed E-state index contributed by atoms with van der Waals surface area (Å²) in [5, 5.41) is 35.8. The standard InChI is InChI=1S/C26H31N11O9S2/c27-22(32-15-5-7-29-8-6-15)14-1-3-16(4-2-14)45-10-19(25(40)41)46-35-20(17-11-47-26(28)33-17)23(38)34-21-18(9-36-13-30-12-31-36)37(24(21)39)48(42,43)44/h1-4,11-13,15,18-19,21,29H,5-10H2,(H2,27,32)(H2,28,33)(H,34,38)(H,40,41)(H,42,43,44)/b35-20-/t18?,19-,21?/m0/s1. The summed E-state index contributed by atoms with van der Waals surface area (Å²) in [7, 11) is -4.98. The highest BCUT2D eigenvalue weighted by molar-refractivity contribution is 7.84. The molecule has 5 rings (SSSR count). The van der Waals surface area contributed by atoms with Crippen molar-refractivity contribution in [2.45, 2.75) is 43.6 Å². The Hall–Kier alpha value is -5.19.